The number of benzene rings is 2. The van der Waals surface area contributed by atoms with Gasteiger partial charge in [-0.15, -0.1) is 0 Å². The molecule has 0 heterocycles. The standard InChI is InChI=1S/C14H9ClF2N2O2/c15-9-3-1-8(2-4-9)13(20)18-19-14(21)11-6-5-10(16)7-12(11)17/h1-7H,(H,18,20)(H,19,21). The fraction of sp³-hybridized carbons (Fsp3) is 0. The second kappa shape index (κ2) is 6.32. The third kappa shape index (κ3) is 3.76. The first-order valence-electron chi connectivity index (χ1n) is 5.78. The Morgan fingerprint density at radius 1 is 0.905 bits per heavy atom. The second-order valence-electron chi connectivity index (χ2n) is 4.04. The maximum absolute atomic E-state index is 13.4. The SMILES string of the molecule is O=C(NNC(=O)c1ccc(F)cc1F)c1ccc(Cl)cc1. The van der Waals surface area contributed by atoms with Crippen molar-refractivity contribution in [2.45, 2.75) is 0 Å². The molecule has 0 atom stereocenters. The molecule has 4 nitrogen and oxygen atoms in total. The van der Waals surface area contributed by atoms with E-state index in [9.17, 15) is 18.4 Å². The number of carbonyl (C=O) groups is 2. The van der Waals surface area contributed by atoms with Crippen molar-refractivity contribution < 1.29 is 18.4 Å². The lowest BCUT2D eigenvalue weighted by atomic mass is 10.2. The molecule has 0 unspecified atom stereocenters. The third-order valence-corrected chi connectivity index (χ3v) is 2.82. The van der Waals surface area contributed by atoms with Crippen LogP contribution in [-0.2, 0) is 0 Å². The molecule has 0 aliphatic carbocycles. The molecule has 21 heavy (non-hydrogen) atoms. The lowest BCUT2D eigenvalue weighted by molar-refractivity contribution is 0.0844. The molecule has 2 N–H and O–H groups in total. The van der Waals surface area contributed by atoms with Crippen molar-refractivity contribution in [1.29, 1.82) is 0 Å². The van der Waals surface area contributed by atoms with Gasteiger partial charge in [0.15, 0.2) is 0 Å². The van der Waals surface area contributed by atoms with Crippen LogP contribution in [0, 0.1) is 11.6 Å². The molecule has 2 aromatic rings. The van der Waals surface area contributed by atoms with Crippen LogP contribution in [0.2, 0.25) is 5.02 Å². The zero-order valence-electron chi connectivity index (χ0n) is 10.5. The first-order chi connectivity index (χ1) is 9.97. The quantitative estimate of drug-likeness (QED) is 0.838. The molecule has 0 fully saturated rings. The van der Waals surface area contributed by atoms with E-state index >= 15 is 0 Å². The molecule has 0 radical (unpaired) electrons. The fourth-order valence-corrected chi connectivity index (χ4v) is 1.65. The highest BCUT2D eigenvalue weighted by molar-refractivity contribution is 6.30. The van der Waals surface area contributed by atoms with Gasteiger partial charge in [-0.1, -0.05) is 11.6 Å². The van der Waals surface area contributed by atoms with Gasteiger partial charge in [0.2, 0.25) is 0 Å². The van der Waals surface area contributed by atoms with Gasteiger partial charge in [-0.3, -0.25) is 20.4 Å². The van der Waals surface area contributed by atoms with Gasteiger partial charge in [0, 0.05) is 16.7 Å². The van der Waals surface area contributed by atoms with Crippen LogP contribution in [0.3, 0.4) is 0 Å². The molecule has 7 heteroatoms. The van der Waals surface area contributed by atoms with Crippen LogP contribution in [0.15, 0.2) is 42.5 Å². The predicted molar refractivity (Wildman–Crippen MR) is 72.7 cm³/mol. The fourth-order valence-electron chi connectivity index (χ4n) is 1.53. The summed E-state index contributed by atoms with van der Waals surface area (Å²) in [5.41, 5.74) is 4.04. The molecule has 0 saturated heterocycles. The first-order valence-corrected chi connectivity index (χ1v) is 6.16. The van der Waals surface area contributed by atoms with Gasteiger partial charge >= 0.3 is 0 Å². The Labute approximate surface area is 123 Å². The van der Waals surface area contributed by atoms with Gasteiger partial charge in [0.25, 0.3) is 11.8 Å². The highest BCUT2D eigenvalue weighted by atomic mass is 35.5. The summed E-state index contributed by atoms with van der Waals surface area (Å²) in [6.07, 6.45) is 0. The topological polar surface area (TPSA) is 58.2 Å². The predicted octanol–water partition coefficient (Wildman–Crippen LogP) is 2.69. The number of halogens is 3. The zero-order valence-corrected chi connectivity index (χ0v) is 11.2. The van der Waals surface area contributed by atoms with Crippen molar-refractivity contribution in [3.05, 3.63) is 70.2 Å². The Kier molecular flexibility index (Phi) is 4.49. The summed E-state index contributed by atoms with van der Waals surface area (Å²) >= 11 is 5.68. The summed E-state index contributed by atoms with van der Waals surface area (Å²) in [7, 11) is 0. The molecule has 2 aromatic carbocycles. The molecular weight excluding hydrogens is 302 g/mol. The molecule has 108 valence electrons. The van der Waals surface area contributed by atoms with Crippen molar-refractivity contribution in [3.63, 3.8) is 0 Å². The van der Waals surface area contributed by atoms with Crippen LogP contribution in [-0.4, -0.2) is 11.8 Å². The summed E-state index contributed by atoms with van der Waals surface area (Å²) < 4.78 is 26.1. The molecule has 0 aromatic heterocycles. The highest BCUT2D eigenvalue weighted by Crippen LogP contribution is 2.10. The average Bonchev–Trinajstić information content (AvgIpc) is 2.45. The van der Waals surface area contributed by atoms with Crippen molar-refractivity contribution in [2.75, 3.05) is 0 Å². The van der Waals surface area contributed by atoms with Gasteiger partial charge in [-0.05, 0) is 36.4 Å². The molecule has 2 amide bonds. The third-order valence-electron chi connectivity index (χ3n) is 2.57. The van der Waals surface area contributed by atoms with E-state index in [1.54, 1.807) is 0 Å². The van der Waals surface area contributed by atoms with E-state index in [1.807, 2.05) is 5.43 Å². The monoisotopic (exact) mass is 310 g/mol. The largest absolute Gasteiger partial charge is 0.272 e. The molecule has 0 aliphatic heterocycles. The van der Waals surface area contributed by atoms with Crippen molar-refractivity contribution in [2.24, 2.45) is 0 Å². The average molecular weight is 311 g/mol. The Morgan fingerprint density at radius 3 is 2.14 bits per heavy atom. The lowest BCUT2D eigenvalue weighted by Crippen LogP contribution is -2.41. The van der Waals surface area contributed by atoms with E-state index in [0.29, 0.717) is 11.1 Å². The summed E-state index contributed by atoms with van der Waals surface area (Å²) in [5, 5.41) is 0.462. The zero-order chi connectivity index (χ0) is 15.4. The summed E-state index contributed by atoms with van der Waals surface area (Å²) in [4.78, 5) is 23.4. The van der Waals surface area contributed by atoms with Gasteiger partial charge in [-0.25, -0.2) is 8.78 Å². The number of hydrazine groups is 1. The van der Waals surface area contributed by atoms with Crippen LogP contribution in [0.25, 0.3) is 0 Å². The number of hydrogen-bond donors (Lipinski definition) is 2. The van der Waals surface area contributed by atoms with E-state index in [4.69, 9.17) is 11.6 Å². The Morgan fingerprint density at radius 2 is 1.52 bits per heavy atom. The van der Waals surface area contributed by atoms with Gasteiger partial charge < -0.3 is 0 Å². The molecule has 0 aliphatic rings. The van der Waals surface area contributed by atoms with Crippen LogP contribution < -0.4 is 10.9 Å². The normalized spacial score (nSPS) is 10.0. The summed E-state index contributed by atoms with van der Waals surface area (Å²) in [5.74, 6) is -3.31. The van der Waals surface area contributed by atoms with Crippen LogP contribution >= 0.6 is 11.6 Å². The van der Waals surface area contributed by atoms with E-state index < -0.39 is 23.4 Å². The van der Waals surface area contributed by atoms with Crippen molar-refractivity contribution >= 4 is 23.4 Å². The molecule has 0 spiro atoms. The number of amides is 2. The second-order valence-corrected chi connectivity index (χ2v) is 4.48. The van der Waals surface area contributed by atoms with Gasteiger partial charge in [0.1, 0.15) is 11.6 Å². The minimum absolute atomic E-state index is 0.263. The molecule has 2 rings (SSSR count). The van der Waals surface area contributed by atoms with E-state index in [-0.39, 0.29) is 11.1 Å². The number of nitrogens with one attached hydrogen (secondary N) is 2. The first kappa shape index (κ1) is 14.9. The number of hydrogen-bond acceptors (Lipinski definition) is 2. The smallest absolute Gasteiger partial charge is 0.267 e. The molecular formula is C14H9ClF2N2O2. The van der Waals surface area contributed by atoms with Crippen LogP contribution in [0.5, 0.6) is 0 Å². The Balaban J connectivity index is 2.00. The summed E-state index contributed by atoms with van der Waals surface area (Å²) in [6.45, 7) is 0. The van der Waals surface area contributed by atoms with Crippen LogP contribution in [0.4, 0.5) is 8.78 Å². The Hall–Kier alpha value is -2.47. The number of rotatable bonds is 2. The van der Waals surface area contributed by atoms with E-state index in [0.717, 1.165) is 12.1 Å². The minimum Gasteiger partial charge on any atom is -0.267 e. The minimum atomic E-state index is -1.02. The molecule has 0 saturated carbocycles. The lowest BCUT2D eigenvalue weighted by Gasteiger charge is -2.08. The molecule has 0 bridgehead atoms. The van der Waals surface area contributed by atoms with Crippen molar-refractivity contribution in [3.8, 4) is 0 Å². The highest BCUT2D eigenvalue weighted by Gasteiger charge is 2.13. The van der Waals surface area contributed by atoms with E-state index in [1.165, 1.54) is 24.3 Å². The summed E-state index contributed by atoms with van der Waals surface area (Å²) in [6, 6.07) is 8.45. The van der Waals surface area contributed by atoms with E-state index in [2.05, 4.69) is 5.43 Å². The van der Waals surface area contributed by atoms with Crippen LogP contribution in [0.1, 0.15) is 20.7 Å². The Bertz CT molecular complexity index is 690. The maximum Gasteiger partial charge on any atom is 0.272 e. The number of carbonyl (C=O) groups excluding carboxylic acids is 2. The maximum atomic E-state index is 13.4. The van der Waals surface area contributed by atoms with Crippen molar-refractivity contribution in [1.82, 2.24) is 10.9 Å². The van der Waals surface area contributed by atoms with Gasteiger partial charge in [-0.2, -0.15) is 0 Å². The van der Waals surface area contributed by atoms with Gasteiger partial charge in [0.05, 0.1) is 5.56 Å².